The number of ether oxygens (including phenoxy) is 1. The van der Waals surface area contributed by atoms with Crippen LogP contribution in [0.2, 0.25) is 0 Å². The molecule has 0 atom stereocenters. The number of aliphatic hydroxyl groups excluding tert-OH is 1. The minimum atomic E-state index is -0.120. The first kappa shape index (κ1) is 16.0. The van der Waals surface area contributed by atoms with Crippen LogP contribution in [0.25, 0.3) is 0 Å². The summed E-state index contributed by atoms with van der Waals surface area (Å²) in [7, 11) is 1.60. The minimum Gasteiger partial charge on any atom is -0.494 e. The zero-order valence-corrected chi connectivity index (χ0v) is 13.3. The largest absolute Gasteiger partial charge is 0.494 e. The summed E-state index contributed by atoms with van der Waals surface area (Å²) >= 11 is 3.54. The van der Waals surface area contributed by atoms with Gasteiger partial charge in [-0.1, -0.05) is 15.9 Å². The van der Waals surface area contributed by atoms with Crippen molar-refractivity contribution < 1.29 is 14.6 Å². The second-order valence-corrected chi connectivity index (χ2v) is 5.27. The topological polar surface area (TPSA) is 58.6 Å². The summed E-state index contributed by atoms with van der Waals surface area (Å²) in [4.78, 5) is 11.8. The summed E-state index contributed by atoms with van der Waals surface area (Å²) in [5, 5.41) is 11.6. The van der Waals surface area contributed by atoms with Crippen molar-refractivity contribution in [3.8, 4) is 5.75 Å². The molecule has 0 aliphatic heterocycles. The summed E-state index contributed by atoms with van der Waals surface area (Å²) in [6.45, 7) is 5.91. The van der Waals surface area contributed by atoms with Crippen LogP contribution in [-0.2, 0) is 4.79 Å². The lowest BCUT2D eigenvalue weighted by atomic mass is 10.0. The number of amides is 1. The second kappa shape index (κ2) is 6.91. The van der Waals surface area contributed by atoms with Gasteiger partial charge >= 0.3 is 0 Å². The number of carbonyl (C=O) groups is 1. The van der Waals surface area contributed by atoms with E-state index in [1.165, 1.54) is 0 Å². The van der Waals surface area contributed by atoms with Gasteiger partial charge in [0.05, 0.1) is 12.8 Å². The fourth-order valence-electron chi connectivity index (χ4n) is 1.93. The molecule has 0 unspecified atom stereocenters. The van der Waals surface area contributed by atoms with Gasteiger partial charge in [-0.2, -0.15) is 0 Å². The third kappa shape index (κ3) is 3.48. The Kier molecular flexibility index (Phi) is 5.82. The molecule has 1 rings (SSSR count). The number of hydrogen-bond donors (Lipinski definition) is 2. The Hall–Kier alpha value is -1.07. The number of halogens is 1. The second-order valence-electron chi connectivity index (χ2n) is 4.47. The van der Waals surface area contributed by atoms with E-state index >= 15 is 0 Å². The molecule has 0 saturated carbocycles. The summed E-state index contributed by atoms with van der Waals surface area (Å²) < 4.78 is 6.39. The molecular formula is C14H20BrNO3. The minimum absolute atomic E-state index is 0.0140. The maximum atomic E-state index is 11.8. The first-order valence-electron chi connectivity index (χ1n) is 6.18. The Morgan fingerprint density at radius 1 is 1.26 bits per heavy atom. The highest BCUT2D eigenvalue weighted by Crippen LogP contribution is 2.39. The standard InChI is InChI=1S/C14H20BrNO3/c1-8-9(2)14(19-4)13(10(3)12(8)15)16-11(18)6-5-7-17/h17H,5-7H2,1-4H3,(H,16,18). The molecule has 106 valence electrons. The van der Waals surface area contributed by atoms with Gasteiger partial charge in [-0.05, 0) is 43.9 Å². The molecule has 4 nitrogen and oxygen atoms in total. The van der Waals surface area contributed by atoms with Crippen LogP contribution in [0.5, 0.6) is 5.75 Å². The van der Waals surface area contributed by atoms with Crippen molar-refractivity contribution in [3.05, 3.63) is 21.2 Å². The number of aliphatic hydroxyl groups is 1. The van der Waals surface area contributed by atoms with Gasteiger partial charge in [-0.25, -0.2) is 0 Å². The van der Waals surface area contributed by atoms with Gasteiger partial charge in [0.2, 0.25) is 5.91 Å². The Morgan fingerprint density at radius 3 is 2.42 bits per heavy atom. The maximum Gasteiger partial charge on any atom is 0.224 e. The van der Waals surface area contributed by atoms with E-state index in [2.05, 4.69) is 21.2 Å². The van der Waals surface area contributed by atoms with Crippen molar-refractivity contribution in [1.29, 1.82) is 0 Å². The molecule has 2 N–H and O–H groups in total. The van der Waals surface area contributed by atoms with Crippen molar-refractivity contribution in [2.75, 3.05) is 19.0 Å². The molecule has 1 aromatic rings. The lowest BCUT2D eigenvalue weighted by Gasteiger charge is -2.19. The molecule has 5 heteroatoms. The first-order valence-corrected chi connectivity index (χ1v) is 6.97. The zero-order chi connectivity index (χ0) is 14.6. The number of hydrogen-bond acceptors (Lipinski definition) is 3. The fourth-order valence-corrected chi connectivity index (χ4v) is 2.43. The van der Waals surface area contributed by atoms with E-state index in [1.54, 1.807) is 7.11 Å². The maximum absolute atomic E-state index is 11.8. The molecule has 1 amide bonds. The highest BCUT2D eigenvalue weighted by molar-refractivity contribution is 9.10. The molecular weight excluding hydrogens is 310 g/mol. The Labute approximate surface area is 122 Å². The molecule has 0 aromatic heterocycles. The van der Waals surface area contributed by atoms with Crippen LogP contribution in [0.3, 0.4) is 0 Å². The average Bonchev–Trinajstić information content (AvgIpc) is 2.40. The summed E-state index contributed by atoms with van der Waals surface area (Å²) in [5.74, 6) is 0.571. The van der Waals surface area contributed by atoms with Crippen LogP contribution < -0.4 is 10.1 Å². The highest BCUT2D eigenvalue weighted by Gasteiger charge is 2.18. The van der Waals surface area contributed by atoms with Gasteiger partial charge in [0.15, 0.2) is 0 Å². The third-order valence-corrected chi connectivity index (χ3v) is 4.38. The van der Waals surface area contributed by atoms with E-state index < -0.39 is 0 Å². The average molecular weight is 330 g/mol. The van der Waals surface area contributed by atoms with E-state index in [4.69, 9.17) is 9.84 Å². The molecule has 0 aliphatic rings. The molecule has 0 radical (unpaired) electrons. The van der Waals surface area contributed by atoms with Gasteiger partial charge in [0, 0.05) is 17.5 Å². The van der Waals surface area contributed by atoms with Crippen molar-refractivity contribution in [2.24, 2.45) is 0 Å². The van der Waals surface area contributed by atoms with Crippen molar-refractivity contribution in [3.63, 3.8) is 0 Å². The van der Waals surface area contributed by atoms with Crippen LogP contribution in [-0.4, -0.2) is 24.7 Å². The highest BCUT2D eigenvalue weighted by atomic mass is 79.9. The van der Waals surface area contributed by atoms with Crippen molar-refractivity contribution in [2.45, 2.75) is 33.6 Å². The first-order chi connectivity index (χ1) is 8.93. The molecule has 0 spiro atoms. The number of benzene rings is 1. The summed E-state index contributed by atoms with van der Waals surface area (Å²) in [6.07, 6.45) is 0.753. The van der Waals surface area contributed by atoms with E-state index in [0.717, 1.165) is 21.2 Å². The van der Waals surface area contributed by atoms with Gasteiger partial charge in [-0.15, -0.1) is 0 Å². The van der Waals surface area contributed by atoms with E-state index in [9.17, 15) is 4.79 Å². The Balaban J connectivity index is 3.16. The van der Waals surface area contributed by atoms with Crippen molar-refractivity contribution in [1.82, 2.24) is 0 Å². The van der Waals surface area contributed by atoms with Gasteiger partial charge in [-0.3, -0.25) is 4.79 Å². The molecule has 0 aliphatic carbocycles. The summed E-state index contributed by atoms with van der Waals surface area (Å²) in [6, 6.07) is 0. The monoisotopic (exact) mass is 329 g/mol. The Bertz CT molecular complexity index is 486. The molecule has 0 saturated heterocycles. The van der Waals surface area contributed by atoms with E-state index in [0.29, 0.717) is 24.3 Å². The quantitative estimate of drug-likeness (QED) is 0.872. The number of methoxy groups -OCH3 is 1. The molecule has 0 heterocycles. The van der Waals surface area contributed by atoms with Crippen molar-refractivity contribution >= 4 is 27.5 Å². The normalized spacial score (nSPS) is 10.4. The smallest absolute Gasteiger partial charge is 0.224 e. The van der Waals surface area contributed by atoms with Crippen LogP contribution in [0.4, 0.5) is 5.69 Å². The SMILES string of the molecule is COc1c(C)c(C)c(Br)c(C)c1NC(=O)CCCO. The zero-order valence-electron chi connectivity index (χ0n) is 11.8. The van der Waals surface area contributed by atoms with Gasteiger partial charge in [0.25, 0.3) is 0 Å². The molecule has 0 bridgehead atoms. The number of anilines is 1. The van der Waals surface area contributed by atoms with Gasteiger partial charge in [0.1, 0.15) is 5.75 Å². The van der Waals surface area contributed by atoms with E-state index in [1.807, 2.05) is 20.8 Å². The predicted molar refractivity (Wildman–Crippen MR) is 79.9 cm³/mol. The lowest BCUT2D eigenvalue weighted by molar-refractivity contribution is -0.116. The number of rotatable bonds is 5. The summed E-state index contributed by atoms with van der Waals surface area (Å²) in [5.41, 5.74) is 3.73. The fraction of sp³-hybridized carbons (Fsp3) is 0.500. The van der Waals surface area contributed by atoms with Crippen LogP contribution in [0.15, 0.2) is 4.47 Å². The van der Waals surface area contributed by atoms with Crippen LogP contribution in [0.1, 0.15) is 29.5 Å². The third-order valence-electron chi connectivity index (χ3n) is 3.19. The van der Waals surface area contributed by atoms with Crippen LogP contribution >= 0.6 is 15.9 Å². The van der Waals surface area contributed by atoms with E-state index in [-0.39, 0.29) is 12.5 Å². The predicted octanol–water partition coefficient (Wildman–Crippen LogP) is 3.09. The Morgan fingerprint density at radius 2 is 1.89 bits per heavy atom. The lowest BCUT2D eigenvalue weighted by Crippen LogP contribution is -2.14. The molecule has 0 fully saturated rings. The number of nitrogens with one attached hydrogen (secondary N) is 1. The van der Waals surface area contributed by atoms with Crippen LogP contribution in [0, 0.1) is 20.8 Å². The molecule has 19 heavy (non-hydrogen) atoms. The van der Waals surface area contributed by atoms with Gasteiger partial charge < -0.3 is 15.2 Å². The molecule has 1 aromatic carbocycles. The number of carbonyl (C=O) groups excluding carboxylic acids is 1.